The summed E-state index contributed by atoms with van der Waals surface area (Å²) in [5.41, 5.74) is 1.96. The molecule has 25 heavy (non-hydrogen) atoms. The van der Waals surface area contributed by atoms with Gasteiger partial charge in [0, 0.05) is 8.95 Å². The lowest BCUT2D eigenvalue weighted by Gasteiger charge is -2.13. The van der Waals surface area contributed by atoms with Crippen LogP contribution in [0, 0.1) is 13.8 Å². The lowest BCUT2D eigenvalue weighted by Crippen LogP contribution is -2.19. The smallest absolute Gasteiger partial charge is 0.349 e. The van der Waals surface area contributed by atoms with Crippen molar-refractivity contribution in [3.8, 4) is 11.5 Å². The second kappa shape index (κ2) is 8.49. The van der Waals surface area contributed by atoms with Crippen LogP contribution in [0.3, 0.4) is 0 Å². The molecule has 5 nitrogen and oxygen atoms in total. The van der Waals surface area contributed by atoms with Gasteiger partial charge in [-0.3, -0.25) is 0 Å². The number of hydrogen-bond donors (Lipinski definition) is 0. The van der Waals surface area contributed by atoms with Gasteiger partial charge in [0.15, 0.2) is 6.61 Å². The van der Waals surface area contributed by atoms with Gasteiger partial charge in [0.25, 0.3) is 0 Å². The molecule has 0 aliphatic rings. The van der Waals surface area contributed by atoms with E-state index in [-0.39, 0.29) is 17.9 Å². The van der Waals surface area contributed by atoms with E-state index in [1.54, 1.807) is 6.07 Å². The van der Waals surface area contributed by atoms with Gasteiger partial charge in [0.1, 0.15) is 17.1 Å². The van der Waals surface area contributed by atoms with Gasteiger partial charge in [-0.15, -0.1) is 0 Å². The number of hydrogen-bond acceptors (Lipinski definition) is 5. The molecule has 0 saturated carbocycles. The molecule has 2 rings (SSSR count). The number of carbonyl (C=O) groups is 2. The number of halogens is 2. The van der Waals surface area contributed by atoms with E-state index in [1.165, 1.54) is 19.2 Å². The average molecular weight is 472 g/mol. The van der Waals surface area contributed by atoms with Crippen LogP contribution in [0.5, 0.6) is 11.5 Å². The Morgan fingerprint density at radius 1 is 1.00 bits per heavy atom. The van der Waals surface area contributed by atoms with E-state index >= 15 is 0 Å². The second-order valence-corrected chi connectivity index (χ2v) is 7.09. The topological polar surface area (TPSA) is 61.8 Å². The van der Waals surface area contributed by atoms with Crippen molar-refractivity contribution in [1.82, 2.24) is 0 Å². The van der Waals surface area contributed by atoms with Gasteiger partial charge in [-0.05, 0) is 55.3 Å². The number of carbonyl (C=O) groups excluding carboxylic acids is 2. The molecule has 0 N–H and O–H groups in total. The molecule has 2 aromatic carbocycles. The van der Waals surface area contributed by atoms with Crippen LogP contribution in [0.25, 0.3) is 0 Å². The van der Waals surface area contributed by atoms with Crippen LogP contribution in [-0.4, -0.2) is 25.7 Å². The Morgan fingerprint density at radius 3 is 2.24 bits per heavy atom. The van der Waals surface area contributed by atoms with Crippen LogP contribution in [0.4, 0.5) is 0 Å². The van der Waals surface area contributed by atoms with Crippen LogP contribution in [0.1, 0.15) is 21.5 Å². The molecular formula is C18H16Br2O5. The quantitative estimate of drug-likeness (QED) is 0.471. The Hall–Kier alpha value is -1.86. The van der Waals surface area contributed by atoms with Crippen molar-refractivity contribution in [2.45, 2.75) is 13.8 Å². The SMILES string of the molecule is COC(=O)c1cc(Br)ccc1OC(=O)COc1c(C)cc(Br)cc1C. The Labute approximate surface area is 162 Å². The molecular weight excluding hydrogens is 456 g/mol. The highest BCUT2D eigenvalue weighted by atomic mass is 79.9. The highest BCUT2D eigenvalue weighted by Crippen LogP contribution is 2.28. The van der Waals surface area contributed by atoms with Crippen molar-refractivity contribution < 1.29 is 23.8 Å². The lowest BCUT2D eigenvalue weighted by molar-refractivity contribution is -0.136. The van der Waals surface area contributed by atoms with Gasteiger partial charge in [0.05, 0.1) is 7.11 Å². The van der Waals surface area contributed by atoms with E-state index in [4.69, 9.17) is 14.2 Å². The summed E-state index contributed by atoms with van der Waals surface area (Å²) >= 11 is 6.68. The number of ether oxygens (including phenoxy) is 3. The van der Waals surface area contributed by atoms with Gasteiger partial charge < -0.3 is 14.2 Å². The highest BCUT2D eigenvalue weighted by Gasteiger charge is 2.17. The van der Waals surface area contributed by atoms with Gasteiger partial charge in [-0.2, -0.15) is 0 Å². The third-order valence-electron chi connectivity index (χ3n) is 3.33. The molecule has 132 valence electrons. The van der Waals surface area contributed by atoms with Crippen molar-refractivity contribution in [2.75, 3.05) is 13.7 Å². The normalized spacial score (nSPS) is 10.3. The molecule has 0 radical (unpaired) electrons. The maximum atomic E-state index is 12.1. The van der Waals surface area contributed by atoms with Crippen LogP contribution in [0.15, 0.2) is 39.3 Å². The number of benzene rings is 2. The minimum atomic E-state index is -0.616. The zero-order chi connectivity index (χ0) is 18.6. The number of rotatable bonds is 5. The highest BCUT2D eigenvalue weighted by molar-refractivity contribution is 9.10. The van der Waals surface area contributed by atoms with Crippen LogP contribution < -0.4 is 9.47 Å². The number of methoxy groups -OCH3 is 1. The molecule has 0 aliphatic heterocycles. The first-order chi connectivity index (χ1) is 11.8. The van der Waals surface area contributed by atoms with Crippen molar-refractivity contribution >= 4 is 43.8 Å². The maximum absolute atomic E-state index is 12.1. The Kier molecular flexibility index (Phi) is 6.61. The first-order valence-corrected chi connectivity index (χ1v) is 8.88. The molecule has 0 heterocycles. The van der Waals surface area contributed by atoms with E-state index in [1.807, 2.05) is 26.0 Å². The van der Waals surface area contributed by atoms with Crippen LogP contribution >= 0.6 is 31.9 Å². The van der Waals surface area contributed by atoms with Crippen molar-refractivity contribution in [1.29, 1.82) is 0 Å². The Bertz CT molecular complexity index is 794. The Balaban J connectivity index is 2.10. The molecule has 0 saturated heterocycles. The predicted octanol–water partition coefficient (Wildman–Crippen LogP) is 4.60. The van der Waals surface area contributed by atoms with Crippen LogP contribution in [-0.2, 0) is 9.53 Å². The molecule has 0 unspecified atom stereocenters. The summed E-state index contributed by atoms with van der Waals surface area (Å²) in [6.45, 7) is 3.50. The van der Waals surface area contributed by atoms with E-state index in [0.29, 0.717) is 10.2 Å². The third-order valence-corrected chi connectivity index (χ3v) is 4.28. The fraction of sp³-hybridized carbons (Fsp3) is 0.222. The fourth-order valence-corrected chi connectivity index (χ4v) is 3.32. The minimum absolute atomic E-state index is 0.118. The molecule has 2 aromatic rings. The summed E-state index contributed by atoms with van der Waals surface area (Å²) in [6.07, 6.45) is 0. The van der Waals surface area contributed by atoms with E-state index < -0.39 is 11.9 Å². The first kappa shape index (κ1) is 19.5. The standard InChI is InChI=1S/C18H16Br2O5/c1-10-6-13(20)7-11(2)17(10)24-9-16(21)25-15-5-4-12(19)8-14(15)18(22)23-3/h4-8H,9H2,1-3H3. The molecule has 0 aliphatic carbocycles. The zero-order valence-corrected chi connectivity index (χ0v) is 17.1. The largest absolute Gasteiger partial charge is 0.481 e. The van der Waals surface area contributed by atoms with Crippen molar-refractivity contribution in [3.05, 3.63) is 56.0 Å². The van der Waals surface area contributed by atoms with Gasteiger partial charge >= 0.3 is 11.9 Å². The number of aryl methyl sites for hydroxylation is 2. The number of esters is 2. The molecule has 7 heteroatoms. The lowest BCUT2D eigenvalue weighted by atomic mass is 10.1. The molecule has 0 aromatic heterocycles. The summed E-state index contributed by atoms with van der Waals surface area (Å²) < 4.78 is 17.1. The fourth-order valence-electron chi connectivity index (χ4n) is 2.27. The molecule has 0 amide bonds. The summed E-state index contributed by atoms with van der Waals surface area (Å²) in [5, 5.41) is 0. The van der Waals surface area contributed by atoms with Gasteiger partial charge in [-0.25, -0.2) is 9.59 Å². The summed E-state index contributed by atoms with van der Waals surface area (Å²) in [7, 11) is 1.26. The predicted molar refractivity (Wildman–Crippen MR) is 100 cm³/mol. The van der Waals surface area contributed by atoms with E-state index in [0.717, 1.165) is 15.6 Å². The summed E-state index contributed by atoms with van der Waals surface area (Å²) in [4.78, 5) is 23.9. The van der Waals surface area contributed by atoms with Crippen molar-refractivity contribution in [2.24, 2.45) is 0 Å². The Morgan fingerprint density at radius 2 is 1.64 bits per heavy atom. The third kappa shape index (κ3) is 5.06. The van der Waals surface area contributed by atoms with Crippen LogP contribution in [0.2, 0.25) is 0 Å². The van der Waals surface area contributed by atoms with Crippen molar-refractivity contribution in [3.63, 3.8) is 0 Å². The molecule has 0 atom stereocenters. The summed E-state index contributed by atoms with van der Waals surface area (Å²) in [6, 6.07) is 8.51. The van der Waals surface area contributed by atoms with Gasteiger partial charge in [-0.1, -0.05) is 31.9 Å². The summed E-state index contributed by atoms with van der Waals surface area (Å²) in [5.74, 6) is -0.462. The monoisotopic (exact) mass is 470 g/mol. The van der Waals surface area contributed by atoms with E-state index in [9.17, 15) is 9.59 Å². The molecule has 0 fully saturated rings. The maximum Gasteiger partial charge on any atom is 0.349 e. The minimum Gasteiger partial charge on any atom is -0.481 e. The molecule has 0 bridgehead atoms. The molecule has 0 spiro atoms. The first-order valence-electron chi connectivity index (χ1n) is 7.30. The second-order valence-electron chi connectivity index (χ2n) is 5.26. The van der Waals surface area contributed by atoms with E-state index in [2.05, 4.69) is 31.9 Å². The van der Waals surface area contributed by atoms with Gasteiger partial charge in [0.2, 0.25) is 0 Å². The average Bonchev–Trinajstić information content (AvgIpc) is 2.54. The zero-order valence-electron chi connectivity index (χ0n) is 13.9.